The first-order valence-electron chi connectivity index (χ1n) is 8.45. The fourth-order valence-electron chi connectivity index (χ4n) is 3.20. The summed E-state index contributed by atoms with van der Waals surface area (Å²) in [6.45, 7) is 5.83. The lowest BCUT2D eigenvalue weighted by atomic mass is 9.96. The standard InChI is InChI=1S/C18H24N4OS/c1-13(2)24-16-9-5-4-8-15(16)18(23)22-10-6-7-14(11-22)17-20-19-12-21(17)3/h4-5,8-9,12-14H,6-7,10-11H2,1-3H3/t14-/m0/s1. The number of amides is 1. The maximum Gasteiger partial charge on any atom is 0.255 e. The Balaban J connectivity index is 1.79. The topological polar surface area (TPSA) is 51.0 Å². The first-order chi connectivity index (χ1) is 11.6. The SMILES string of the molecule is CC(C)Sc1ccccc1C(=O)N1CCC[C@H](c2nncn2C)C1. The number of likely N-dealkylation sites (tertiary alicyclic amines) is 1. The number of thioether (sulfide) groups is 1. The van der Waals surface area contributed by atoms with Gasteiger partial charge in [-0.05, 0) is 25.0 Å². The predicted octanol–water partition coefficient (Wildman–Crippen LogP) is 3.34. The molecule has 1 fully saturated rings. The van der Waals surface area contributed by atoms with Gasteiger partial charge in [0, 0.05) is 36.2 Å². The van der Waals surface area contributed by atoms with Crippen molar-refractivity contribution in [3.05, 3.63) is 42.0 Å². The Kier molecular flexibility index (Phi) is 5.23. The molecule has 6 heteroatoms. The molecule has 0 bridgehead atoms. The van der Waals surface area contributed by atoms with Crippen LogP contribution in [0.3, 0.4) is 0 Å². The first kappa shape index (κ1) is 17.0. The molecular formula is C18H24N4OS. The van der Waals surface area contributed by atoms with E-state index in [1.165, 1.54) is 0 Å². The van der Waals surface area contributed by atoms with Crippen LogP contribution >= 0.6 is 11.8 Å². The van der Waals surface area contributed by atoms with Crippen LogP contribution in [0, 0.1) is 0 Å². The highest BCUT2D eigenvalue weighted by Gasteiger charge is 2.28. The van der Waals surface area contributed by atoms with Crippen LogP contribution in [0.25, 0.3) is 0 Å². The van der Waals surface area contributed by atoms with Crippen LogP contribution in [0.5, 0.6) is 0 Å². The van der Waals surface area contributed by atoms with Crippen LogP contribution in [0.4, 0.5) is 0 Å². The van der Waals surface area contributed by atoms with Crippen molar-refractivity contribution in [2.24, 2.45) is 7.05 Å². The molecule has 1 aliphatic heterocycles. The number of piperidine rings is 1. The van der Waals surface area contributed by atoms with E-state index in [4.69, 9.17) is 0 Å². The van der Waals surface area contributed by atoms with Crippen LogP contribution in [-0.2, 0) is 7.05 Å². The summed E-state index contributed by atoms with van der Waals surface area (Å²) in [6.07, 6.45) is 3.78. The molecule has 1 aromatic carbocycles. The Labute approximate surface area is 147 Å². The Morgan fingerprint density at radius 2 is 2.12 bits per heavy atom. The Bertz CT molecular complexity index is 713. The van der Waals surface area contributed by atoms with Gasteiger partial charge < -0.3 is 9.47 Å². The fourth-order valence-corrected chi connectivity index (χ4v) is 4.15. The minimum atomic E-state index is 0.130. The highest BCUT2D eigenvalue weighted by atomic mass is 32.2. The van der Waals surface area contributed by atoms with Crippen LogP contribution in [0.2, 0.25) is 0 Å². The second-order valence-electron chi connectivity index (χ2n) is 6.55. The van der Waals surface area contributed by atoms with Crippen molar-refractivity contribution in [2.75, 3.05) is 13.1 Å². The molecule has 3 rings (SSSR count). The summed E-state index contributed by atoms with van der Waals surface area (Å²) in [5.74, 6) is 1.36. The van der Waals surface area contributed by atoms with Gasteiger partial charge >= 0.3 is 0 Å². The zero-order chi connectivity index (χ0) is 17.1. The molecule has 1 amide bonds. The lowest BCUT2D eigenvalue weighted by molar-refractivity contribution is 0.0700. The van der Waals surface area contributed by atoms with E-state index in [2.05, 4.69) is 24.0 Å². The average Bonchev–Trinajstić information content (AvgIpc) is 3.00. The number of carbonyl (C=O) groups excluding carboxylic acids is 1. The predicted molar refractivity (Wildman–Crippen MR) is 96.3 cm³/mol. The van der Waals surface area contributed by atoms with Gasteiger partial charge in [0.05, 0.1) is 5.56 Å². The van der Waals surface area contributed by atoms with Gasteiger partial charge in [0.1, 0.15) is 12.2 Å². The quantitative estimate of drug-likeness (QED) is 0.798. The molecule has 0 radical (unpaired) electrons. The number of nitrogens with zero attached hydrogens (tertiary/aromatic N) is 4. The van der Waals surface area contributed by atoms with E-state index in [-0.39, 0.29) is 11.8 Å². The van der Waals surface area contributed by atoms with E-state index in [0.29, 0.717) is 11.8 Å². The molecule has 0 saturated carbocycles. The summed E-state index contributed by atoms with van der Waals surface area (Å²) in [5, 5.41) is 8.66. The molecule has 1 atom stereocenters. The third-order valence-corrected chi connectivity index (χ3v) is 5.38. The summed E-state index contributed by atoms with van der Waals surface area (Å²) in [6, 6.07) is 7.93. The summed E-state index contributed by atoms with van der Waals surface area (Å²) in [4.78, 5) is 16.1. The fraction of sp³-hybridized carbons (Fsp3) is 0.500. The minimum absolute atomic E-state index is 0.130. The molecule has 5 nitrogen and oxygen atoms in total. The number of aryl methyl sites for hydroxylation is 1. The third kappa shape index (κ3) is 3.64. The van der Waals surface area contributed by atoms with Crippen molar-refractivity contribution in [3.8, 4) is 0 Å². The first-order valence-corrected chi connectivity index (χ1v) is 9.33. The smallest absolute Gasteiger partial charge is 0.255 e. The van der Waals surface area contributed by atoms with Gasteiger partial charge in [-0.3, -0.25) is 4.79 Å². The number of carbonyl (C=O) groups is 1. The van der Waals surface area contributed by atoms with E-state index in [1.807, 2.05) is 40.8 Å². The molecule has 0 aliphatic carbocycles. The number of rotatable bonds is 4. The van der Waals surface area contributed by atoms with Crippen molar-refractivity contribution >= 4 is 17.7 Å². The molecule has 128 valence electrons. The maximum atomic E-state index is 13.1. The summed E-state index contributed by atoms with van der Waals surface area (Å²) < 4.78 is 1.96. The minimum Gasteiger partial charge on any atom is -0.338 e. The second-order valence-corrected chi connectivity index (χ2v) is 8.17. The van der Waals surface area contributed by atoms with Crippen molar-refractivity contribution < 1.29 is 4.79 Å². The summed E-state index contributed by atoms with van der Waals surface area (Å²) >= 11 is 1.74. The molecule has 1 aromatic heterocycles. The van der Waals surface area contributed by atoms with Crippen LogP contribution in [0.1, 0.15) is 48.8 Å². The Morgan fingerprint density at radius 3 is 2.83 bits per heavy atom. The number of hydrogen-bond donors (Lipinski definition) is 0. The van der Waals surface area contributed by atoms with Gasteiger partial charge in [0.2, 0.25) is 0 Å². The van der Waals surface area contributed by atoms with Crippen LogP contribution < -0.4 is 0 Å². The summed E-state index contributed by atoms with van der Waals surface area (Å²) in [7, 11) is 1.96. The largest absolute Gasteiger partial charge is 0.338 e. The summed E-state index contributed by atoms with van der Waals surface area (Å²) in [5.41, 5.74) is 0.815. The van der Waals surface area contributed by atoms with Crippen LogP contribution in [0.15, 0.2) is 35.5 Å². The Morgan fingerprint density at radius 1 is 1.33 bits per heavy atom. The van der Waals surface area contributed by atoms with Gasteiger partial charge in [-0.15, -0.1) is 22.0 Å². The molecule has 0 spiro atoms. The van der Waals surface area contributed by atoms with E-state index in [9.17, 15) is 4.79 Å². The molecule has 1 aliphatic rings. The van der Waals surface area contributed by atoms with Gasteiger partial charge in [0.25, 0.3) is 5.91 Å². The lowest BCUT2D eigenvalue weighted by Gasteiger charge is -2.32. The number of hydrogen-bond acceptors (Lipinski definition) is 4. The molecule has 0 unspecified atom stereocenters. The normalized spacial score (nSPS) is 18.2. The van der Waals surface area contributed by atoms with E-state index < -0.39 is 0 Å². The third-order valence-electron chi connectivity index (χ3n) is 4.30. The van der Waals surface area contributed by atoms with Crippen molar-refractivity contribution in [1.82, 2.24) is 19.7 Å². The monoisotopic (exact) mass is 344 g/mol. The second kappa shape index (κ2) is 7.38. The number of benzene rings is 1. The van der Waals surface area contributed by atoms with Crippen LogP contribution in [-0.4, -0.2) is 43.9 Å². The van der Waals surface area contributed by atoms with Gasteiger partial charge in [0.15, 0.2) is 0 Å². The van der Waals surface area contributed by atoms with Gasteiger partial charge in [-0.25, -0.2) is 0 Å². The maximum absolute atomic E-state index is 13.1. The highest BCUT2D eigenvalue weighted by molar-refractivity contribution is 8.00. The molecule has 1 saturated heterocycles. The highest BCUT2D eigenvalue weighted by Crippen LogP contribution is 2.30. The molecule has 2 aromatic rings. The van der Waals surface area contributed by atoms with Crippen molar-refractivity contribution in [1.29, 1.82) is 0 Å². The number of aromatic nitrogens is 3. The van der Waals surface area contributed by atoms with E-state index in [1.54, 1.807) is 18.1 Å². The lowest BCUT2D eigenvalue weighted by Crippen LogP contribution is -2.40. The zero-order valence-corrected chi connectivity index (χ0v) is 15.3. The van der Waals surface area contributed by atoms with E-state index in [0.717, 1.165) is 35.7 Å². The van der Waals surface area contributed by atoms with Gasteiger partial charge in [-0.2, -0.15) is 0 Å². The average molecular weight is 344 g/mol. The Hall–Kier alpha value is -1.82. The molecule has 2 heterocycles. The van der Waals surface area contributed by atoms with Crippen molar-refractivity contribution in [2.45, 2.75) is 42.8 Å². The molecular weight excluding hydrogens is 320 g/mol. The van der Waals surface area contributed by atoms with E-state index >= 15 is 0 Å². The zero-order valence-electron chi connectivity index (χ0n) is 14.5. The molecule has 24 heavy (non-hydrogen) atoms. The van der Waals surface area contributed by atoms with Gasteiger partial charge in [-0.1, -0.05) is 26.0 Å². The van der Waals surface area contributed by atoms with Crippen molar-refractivity contribution in [3.63, 3.8) is 0 Å². The molecule has 0 N–H and O–H groups in total.